The maximum Gasteiger partial charge on any atom is 0.233 e. The Morgan fingerprint density at radius 2 is 2.29 bits per heavy atom. The van der Waals surface area contributed by atoms with Crippen molar-refractivity contribution in [3.63, 3.8) is 0 Å². The lowest BCUT2D eigenvalue weighted by atomic mass is 10.3. The SMILES string of the molecule is CC(CNC(=O)CN)Oc1cccc(Br)c1.Cl. The molecule has 0 bridgehead atoms. The fourth-order valence-corrected chi connectivity index (χ4v) is 1.52. The standard InChI is InChI=1S/C11H15BrN2O2.ClH/c1-8(7-14-11(15)6-13)16-10-4-2-3-9(12)5-10;/h2-5,8H,6-7,13H2,1H3,(H,14,15);1H. The van der Waals surface area contributed by atoms with Crippen LogP contribution < -0.4 is 15.8 Å². The fourth-order valence-electron chi connectivity index (χ4n) is 1.14. The molecule has 1 amide bonds. The van der Waals surface area contributed by atoms with Crippen molar-refractivity contribution in [2.75, 3.05) is 13.1 Å². The number of hydrogen-bond donors (Lipinski definition) is 2. The van der Waals surface area contributed by atoms with E-state index in [0.29, 0.717) is 6.54 Å². The predicted octanol–water partition coefficient (Wildman–Crippen LogP) is 1.71. The van der Waals surface area contributed by atoms with E-state index in [-0.39, 0.29) is 31.0 Å². The molecular formula is C11H16BrClN2O2. The average molecular weight is 324 g/mol. The number of ether oxygens (including phenoxy) is 1. The Labute approximate surface area is 115 Å². The lowest BCUT2D eigenvalue weighted by molar-refractivity contribution is -0.120. The van der Waals surface area contributed by atoms with Gasteiger partial charge in [0.25, 0.3) is 0 Å². The van der Waals surface area contributed by atoms with Crippen LogP contribution in [0.5, 0.6) is 5.75 Å². The van der Waals surface area contributed by atoms with E-state index >= 15 is 0 Å². The molecular weight excluding hydrogens is 307 g/mol. The molecule has 0 saturated heterocycles. The van der Waals surface area contributed by atoms with Gasteiger partial charge >= 0.3 is 0 Å². The molecule has 0 aliphatic carbocycles. The normalized spacial score (nSPS) is 11.2. The maximum atomic E-state index is 10.9. The number of carbonyl (C=O) groups is 1. The molecule has 1 unspecified atom stereocenters. The predicted molar refractivity (Wildman–Crippen MR) is 73.5 cm³/mol. The van der Waals surface area contributed by atoms with Crippen LogP contribution in [0.2, 0.25) is 0 Å². The third-order valence-electron chi connectivity index (χ3n) is 1.91. The van der Waals surface area contributed by atoms with Gasteiger partial charge in [0.2, 0.25) is 5.91 Å². The first-order chi connectivity index (χ1) is 7.61. The summed E-state index contributed by atoms with van der Waals surface area (Å²) < 4.78 is 6.57. The van der Waals surface area contributed by atoms with E-state index in [2.05, 4.69) is 21.2 Å². The van der Waals surface area contributed by atoms with Crippen LogP contribution in [-0.2, 0) is 4.79 Å². The molecule has 0 fully saturated rings. The largest absolute Gasteiger partial charge is 0.489 e. The number of amides is 1. The molecule has 4 nitrogen and oxygen atoms in total. The van der Waals surface area contributed by atoms with E-state index in [1.807, 2.05) is 31.2 Å². The lowest BCUT2D eigenvalue weighted by Crippen LogP contribution is -2.37. The van der Waals surface area contributed by atoms with Crippen LogP contribution in [0.4, 0.5) is 0 Å². The first-order valence-electron chi connectivity index (χ1n) is 5.01. The number of carbonyl (C=O) groups excluding carboxylic acids is 1. The minimum Gasteiger partial charge on any atom is -0.489 e. The van der Waals surface area contributed by atoms with Gasteiger partial charge in [0.1, 0.15) is 11.9 Å². The zero-order valence-corrected chi connectivity index (χ0v) is 11.9. The summed E-state index contributed by atoms with van der Waals surface area (Å²) in [6.07, 6.45) is -0.0928. The van der Waals surface area contributed by atoms with Crippen LogP contribution in [0, 0.1) is 0 Å². The van der Waals surface area contributed by atoms with Crippen LogP contribution in [0.15, 0.2) is 28.7 Å². The monoisotopic (exact) mass is 322 g/mol. The maximum absolute atomic E-state index is 10.9. The number of rotatable bonds is 5. The Hall–Kier alpha value is -0.780. The highest BCUT2D eigenvalue weighted by molar-refractivity contribution is 9.10. The van der Waals surface area contributed by atoms with Gasteiger partial charge in [-0.3, -0.25) is 4.79 Å². The van der Waals surface area contributed by atoms with Crippen molar-refractivity contribution in [1.29, 1.82) is 0 Å². The summed E-state index contributed by atoms with van der Waals surface area (Å²) in [5.74, 6) is 0.591. The first-order valence-corrected chi connectivity index (χ1v) is 5.80. The fraction of sp³-hybridized carbons (Fsp3) is 0.364. The van der Waals surface area contributed by atoms with Crippen molar-refractivity contribution in [3.8, 4) is 5.75 Å². The van der Waals surface area contributed by atoms with Crippen molar-refractivity contribution < 1.29 is 9.53 Å². The quantitative estimate of drug-likeness (QED) is 0.867. The highest BCUT2D eigenvalue weighted by Gasteiger charge is 2.05. The third-order valence-corrected chi connectivity index (χ3v) is 2.40. The molecule has 17 heavy (non-hydrogen) atoms. The van der Waals surface area contributed by atoms with Crippen LogP contribution in [0.1, 0.15) is 6.92 Å². The molecule has 3 N–H and O–H groups in total. The van der Waals surface area contributed by atoms with E-state index < -0.39 is 0 Å². The summed E-state index contributed by atoms with van der Waals surface area (Å²) in [6, 6.07) is 7.56. The average Bonchev–Trinajstić information content (AvgIpc) is 2.26. The molecule has 1 aromatic carbocycles. The van der Waals surface area contributed by atoms with Gasteiger partial charge in [0.15, 0.2) is 0 Å². The van der Waals surface area contributed by atoms with Crippen LogP contribution in [-0.4, -0.2) is 25.1 Å². The van der Waals surface area contributed by atoms with Crippen LogP contribution in [0.25, 0.3) is 0 Å². The number of hydrogen-bond acceptors (Lipinski definition) is 3. The van der Waals surface area contributed by atoms with Crippen molar-refractivity contribution in [1.82, 2.24) is 5.32 Å². The molecule has 1 aromatic rings. The molecule has 0 heterocycles. The van der Waals surface area contributed by atoms with Crippen LogP contribution >= 0.6 is 28.3 Å². The van der Waals surface area contributed by atoms with Gasteiger partial charge in [0, 0.05) is 4.47 Å². The number of nitrogens with one attached hydrogen (secondary N) is 1. The summed E-state index contributed by atoms with van der Waals surface area (Å²) in [5, 5.41) is 2.67. The number of nitrogens with two attached hydrogens (primary N) is 1. The summed E-state index contributed by atoms with van der Waals surface area (Å²) >= 11 is 3.36. The molecule has 0 aliphatic rings. The van der Waals surface area contributed by atoms with E-state index in [1.54, 1.807) is 0 Å². The topological polar surface area (TPSA) is 64.4 Å². The van der Waals surface area contributed by atoms with E-state index in [9.17, 15) is 4.79 Å². The minimum absolute atomic E-state index is 0. The van der Waals surface area contributed by atoms with E-state index in [0.717, 1.165) is 10.2 Å². The second kappa shape index (κ2) is 8.33. The summed E-state index contributed by atoms with van der Waals surface area (Å²) in [6.45, 7) is 2.34. The Morgan fingerprint density at radius 3 is 2.88 bits per heavy atom. The van der Waals surface area contributed by atoms with Crippen molar-refractivity contribution in [2.24, 2.45) is 5.73 Å². The Balaban J connectivity index is 0.00000256. The van der Waals surface area contributed by atoms with Crippen molar-refractivity contribution >= 4 is 34.2 Å². The summed E-state index contributed by atoms with van der Waals surface area (Å²) in [4.78, 5) is 10.9. The minimum atomic E-state index is -0.176. The molecule has 1 rings (SSSR count). The highest BCUT2D eigenvalue weighted by Crippen LogP contribution is 2.18. The first kappa shape index (κ1) is 16.2. The molecule has 96 valence electrons. The van der Waals surface area contributed by atoms with Gasteiger partial charge in [-0.15, -0.1) is 12.4 Å². The summed E-state index contributed by atoms with van der Waals surface area (Å²) in [5.41, 5.74) is 5.17. The van der Waals surface area contributed by atoms with Gasteiger partial charge in [-0.05, 0) is 25.1 Å². The Morgan fingerprint density at radius 1 is 1.59 bits per heavy atom. The Kier molecular flexibility index (Phi) is 7.95. The zero-order chi connectivity index (χ0) is 12.0. The lowest BCUT2D eigenvalue weighted by Gasteiger charge is -2.15. The zero-order valence-electron chi connectivity index (χ0n) is 9.48. The molecule has 0 aromatic heterocycles. The van der Waals surface area contributed by atoms with E-state index in [4.69, 9.17) is 10.5 Å². The van der Waals surface area contributed by atoms with Crippen LogP contribution in [0.3, 0.4) is 0 Å². The molecule has 1 atom stereocenters. The molecule has 0 aliphatic heterocycles. The highest BCUT2D eigenvalue weighted by atomic mass is 79.9. The van der Waals surface area contributed by atoms with Gasteiger partial charge in [-0.2, -0.15) is 0 Å². The van der Waals surface area contributed by atoms with Crippen molar-refractivity contribution in [2.45, 2.75) is 13.0 Å². The third kappa shape index (κ3) is 6.51. The van der Waals surface area contributed by atoms with Gasteiger partial charge in [0.05, 0.1) is 13.1 Å². The number of halogens is 2. The molecule has 0 spiro atoms. The van der Waals surface area contributed by atoms with Gasteiger partial charge in [-0.25, -0.2) is 0 Å². The molecule has 6 heteroatoms. The van der Waals surface area contributed by atoms with Crippen molar-refractivity contribution in [3.05, 3.63) is 28.7 Å². The molecule has 0 saturated carbocycles. The number of benzene rings is 1. The Bertz CT molecular complexity index is 363. The van der Waals surface area contributed by atoms with Gasteiger partial charge < -0.3 is 15.8 Å². The second-order valence-electron chi connectivity index (χ2n) is 3.39. The van der Waals surface area contributed by atoms with E-state index in [1.165, 1.54) is 0 Å². The second-order valence-corrected chi connectivity index (χ2v) is 4.31. The molecule has 0 radical (unpaired) electrons. The van der Waals surface area contributed by atoms with Gasteiger partial charge in [-0.1, -0.05) is 22.0 Å². The summed E-state index contributed by atoms with van der Waals surface area (Å²) in [7, 11) is 0. The smallest absolute Gasteiger partial charge is 0.233 e.